The van der Waals surface area contributed by atoms with Crippen molar-refractivity contribution in [2.45, 2.75) is 51.6 Å². The number of carbonyl (C=O) groups excluding carboxylic acids is 1. The van der Waals surface area contributed by atoms with Gasteiger partial charge in [0.25, 0.3) is 0 Å². The van der Waals surface area contributed by atoms with Gasteiger partial charge >= 0.3 is 12.0 Å². The number of carboxylic acid groups (broad SMARTS) is 1. The smallest absolute Gasteiger partial charge is 0.315 e. The van der Waals surface area contributed by atoms with Gasteiger partial charge in [-0.15, -0.1) is 0 Å². The molecule has 2 rings (SSSR count). The molecule has 0 saturated carbocycles. The van der Waals surface area contributed by atoms with Gasteiger partial charge in [-0.3, -0.25) is 4.79 Å². The highest BCUT2D eigenvalue weighted by Crippen LogP contribution is 2.26. The normalized spacial score (nSPS) is 26.9. The van der Waals surface area contributed by atoms with Gasteiger partial charge in [0.2, 0.25) is 0 Å². The van der Waals surface area contributed by atoms with Gasteiger partial charge < -0.3 is 20.6 Å². The molecule has 0 bridgehead atoms. The van der Waals surface area contributed by atoms with Crippen molar-refractivity contribution in [2.75, 3.05) is 19.6 Å². The van der Waals surface area contributed by atoms with Crippen molar-refractivity contribution in [2.24, 2.45) is 5.41 Å². The molecule has 0 aromatic heterocycles. The number of urea groups is 1. The monoisotopic (exact) mass is 283 g/mol. The number of amides is 2. The molecule has 2 heterocycles. The lowest BCUT2D eigenvalue weighted by Gasteiger charge is -2.35. The third-order valence-corrected chi connectivity index (χ3v) is 4.43. The first kappa shape index (κ1) is 15.1. The third-order valence-electron chi connectivity index (χ3n) is 4.43. The predicted molar refractivity (Wildman–Crippen MR) is 75.6 cm³/mol. The highest BCUT2D eigenvalue weighted by Gasteiger charge is 2.32. The molecule has 6 heteroatoms. The van der Waals surface area contributed by atoms with Gasteiger partial charge in [-0.1, -0.05) is 0 Å². The van der Waals surface area contributed by atoms with Crippen LogP contribution in [0.25, 0.3) is 0 Å². The number of hydrogen-bond acceptors (Lipinski definition) is 3. The topological polar surface area (TPSA) is 81.7 Å². The van der Waals surface area contributed by atoms with Crippen LogP contribution in [0.2, 0.25) is 0 Å². The number of piperidine rings is 1. The van der Waals surface area contributed by atoms with E-state index < -0.39 is 11.4 Å². The Balaban J connectivity index is 1.73. The fraction of sp³-hybridized carbons (Fsp3) is 0.857. The van der Waals surface area contributed by atoms with Crippen LogP contribution in [-0.4, -0.2) is 53.7 Å². The Morgan fingerprint density at radius 1 is 1.30 bits per heavy atom. The summed E-state index contributed by atoms with van der Waals surface area (Å²) in [6, 6.07) is 0.572. The first-order valence-corrected chi connectivity index (χ1v) is 7.40. The van der Waals surface area contributed by atoms with Crippen LogP contribution in [0.5, 0.6) is 0 Å². The van der Waals surface area contributed by atoms with Crippen molar-refractivity contribution in [3.05, 3.63) is 0 Å². The molecule has 2 saturated heterocycles. The van der Waals surface area contributed by atoms with Gasteiger partial charge in [-0.2, -0.15) is 0 Å². The summed E-state index contributed by atoms with van der Waals surface area (Å²) in [5.74, 6) is -0.905. The van der Waals surface area contributed by atoms with Crippen LogP contribution in [-0.2, 0) is 4.79 Å². The Labute approximate surface area is 119 Å². The molecule has 6 nitrogen and oxygen atoms in total. The van der Waals surface area contributed by atoms with E-state index in [0.29, 0.717) is 6.04 Å². The van der Waals surface area contributed by atoms with E-state index in [4.69, 9.17) is 5.11 Å². The summed E-state index contributed by atoms with van der Waals surface area (Å²) in [6.07, 6.45) is 4.48. The van der Waals surface area contributed by atoms with Gasteiger partial charge in [0, 0.05) is 25.2 Å². The second-order valence-corrected chi connectivity index (χ2v) is 6.57. The molecule has 0 aromatic rings. The summed E-state index contributed by atoms with van der Waals surface area (Å²) in [5.41, 5.74) is -0.938. The number of nitrogens with zero attached hydrogens (tertiary/aromatic N) is 1. The second kappa shape index (κ2) is 5.99. The first-order valence-electron chi connectivity index (χ1n) is 7.40. The Morgan fingerprint density at radius 3 is 2.75 bits per heavy atom. The largest absolute Gasteiger partial charge is 0.481 e. The first-order chi connectivity index (χ1) is 9.38. The zero-order valence-corrected chi connectivity index (χ0v) is 12.3. The van der Waals surface area contributed by atoms with Crippen molar-refractivity contribution in [3.63, 3.8) is 0 Å². The van der Waals surface area contributed by atoms with Crippen molar-refractivity contribution in [3.8, 4) is 0 Å². The van der Waals surface area contributed by atoms with Gasteiger partial charge in [-0.05, 0) is 46.1 Å². The maximum atomic E-state index is 11.8. The molecule has 114 valence electrons. The van der Waals surface area contributed by atoms with Crippen molar-refractivity contribution >= 4 is 12.0 Å². The zero-order chi connectivity index (χ0) is 14.8. The molecular formula is C14H25N3O3. The van der Waals surface area contributed by atoms with Gasteiger partial charge in [-0.25, -0.2) is 4.79 Å². The Hall–Kier alpha value is -1.30. The lowest BCUT2D eigenvalue weighted by atomic mass is 9.94. The third kappa shape index (κ3) is 3.62. The standard InChI is InChI=1S/C14H25N3O3/c1-14(2,12(18)19)9-15-13(20)16-10-5-7-17-6-3-4-11(17)8-10/h10-11H,3-9H2,1-2H3,(H,18,19)(H2,15,16,20). The second-order valence-electron chi connectivity index (χ2n) is 6.57. The Bertz CT molecular complexity index is 384. The summed E-state index contributed by atoms with van der Waals surface area (Å²) in [4.78, 5) is 25.3. The van der Waals surface area contributed by atoms with Crippen LogP contribution in [0.4, 0.5) is 4.79 Å². The van der Waals surface area contributed by atoms with E-state index in [1.807, 2.05) is 0 Å². The van der Waals surface area contributed by atoms with E-state index in [2.05, 4.69) is 15.5 Å². The molecule has 0 aromatic carbocycles. The van der Waals surface area contributed by atoms with Crippen molar-refractivity contribution in [1.82, 2.24) is 15.5 Å². The summed E-state index contributed by atoms with van der Waals surface area (Å²) in [7, 11) is 0. The highest BCUT2D eigenvalue weighted by atomic mass is 16.4. The maximum Gasteiger partial charge on any atom is 0.315 e. The molecule has 20 heavy (non-hydrogen) atoms. The van der Waals surface area contributed by atoms with Crippen LogP contribution >= 0.6 is 0 Å². The van der Waals surface area contributed by atoms with E-state index in [9.17, 15) is 9.59 Å². The summed E-state index contributed by atoms with van der Waals surface area (Å²) >= 11 is 0. The van der Waals surface area contributed by atoms with Gasteiger partial charge in [0.05, 0.1) is 5.41 Å². The summed E-state index contributed by atoms with van der Waals surface area (Å²) in [6.45, 7) is 5.59. The van der Waals surface area contributed by atoms with Crippen molar-refractivity contribution in [1.29, 1.82) is 0 Å². The Kier molecular flexibility index (Phi) is 4.52. The predicted octanol–water partition coefficient (Wildman–Crippen LogP) is 1.02. The van der Waals surface area contributed by atoms with Crippen LogP contribution in [0.1, 0.15) is 39.5 Å². The van der Waals surface area contributed by atoms with Crippen molar-refractivity contribution < 1.29 is 14.7 Å². The minimum absolute atomic E-state index is 0.135. The zero-order valence-electron chi connectivity index (χ0n) is 12.3. The van der Waals surface area contributed by atoms with Crippen LogP contribution < -0.4 is 10.6 Å². The molecule has 0 spiro atoms. The number of carbonyl (C=O) groups is 2. The molecule has 2 aliphatic rings. The average molecular weight is 283 g/mol. The van der Waals surface area contributed by atoms with E-state index in [-0.39, 0.29) is 18.6 Å². The molecule has 2 amide bonds. The summed E-state index contributed by atoms with van der Waals surface area (Å²) < 4.78 is 0. The fourth-order valence-electron chi connectivity index (χ4n) is 2.97. The number of carboxylic acids is 1. The number of fused-ring (bicyclic) bond motifs is 1. The molecule has 3 N–H and O–H groups in total. The number of aliphatic carboxylic acids is 1. The Morgan fingerprint density at radius 2 is 2.05 bits per heavy atom. The number of hydrogen-bond donors (Lipinski definition) is 3. The van der Waals surface area contributed by atoms with E-state index >= 15 is 0 Å². The van der Waals surface area contributed by atoms with Gasteiger partial charge in [0.1, 0.15) is 0 Å². The summed E-state index contributed by atoms with van der Waals surface area (Å²) in [5, 5.41) is 14.6. The quantitative estimate of drug-likeness (QED) is 0.719. The van der Waals surface area contributed by atoms with Gasteiger partial charge in [0.15, 0.2) is 0 Å². The molecule has 2 fully saturated rings. The highest BCUT2D eigenvalue weighted by molar-refractivity contribution is 5.77. The molecule has 0 aliphatic carbocycles. The minimum atomic E-state index is -0.938. The van der Waals surface area contributed by atoms with E-state index in [0.717, 1.165) is 19.4 Å². The lowest BCUT2D eigenvalue weighted by molar-refractivity contribution is -0.146. The fourth-order valence-corrected chi connectivity index (χ4v) is 2.97. The minimum Gasteiger partial charge on any atom is -0.481 e. The van der Waals surface area contributed by atoms with Crippen LogP contribution in [0, 0.1) is 5.41 Å². The van der Waals surface area contributed by atoms with E-state index in [1.165, 1.54) is 19.4 Å². The molecular weight excluding hydrogens is 258 g/mol. The lowest BCUT2D eigenvalue weighted by Crippen LogP contribution is -2.51. The van der Waals surface area contributed by atoms with Crippen LogP contribution in [0.3, 0.4) is 0 Å². The molecule has 2 aliphatic heterocycles. The SMILES string of the molecule is CC(C)(CNC(=O)NC1CCN2CCCC2C1)C(=O)O. The number of nitrogens with one attached hydrogen (secondary N) is 2. The molecule has 0 radical (unpaired) electrons. The van der Waals surface area contributed by atoms with Crippen LogP contribution in [0.15, 0.2) is 0 Å². The van der Waals surface area contributed by atoms with E-state index in [1.54, 1.807) is 13.8 Å². The number of rotatable bonds is 4. The molecule has 2 atom stereocenters. The average Bonchev–Trinajstić information content (AvgIpc) is 2.83. The molecule has 2 unspecified atom stereocenters. The maximum absolute atomic E-state index is 11.8.